The van der Waals surface area contributed by atoms with Gasteiger partial charge in [-0.25, -0.2) is 0 Å². The standard InChI is InChI=1S/C15H28O/c1-2-3-4-5-6-15(16)11-14-10-12-7-8-13(14)9-12/h12-16H,2-11H2,1H3. The van der Waals surface area contributed by atoms with Crippen LogP contribution in [0, 0.1) is 17.8 Å². The minimum Gasteiger partial charge on any atom is -0.393 e. The number of rotatable bonds is 7. The van der Waals surface area contributed by atoms with Gasteiger partial charge in [0.1, 0.15) is 0 Å². The van der Waals surface area contributed by atoms with E-state index in [0.29, 0.717) is 0 Å². The summed E-state index contributed by atoms with van der Waals surface area (Å²) in [5, 5.41) is 10.0. The maximum atomic E-state index is 10.0. The first kappa shape index (κ1) is 12.4. The second-order valence-electron chi connectivity index (χ2n) is 6.17. The van der Waals surface area contributed by atoms with Crippen molar-refractivity contribution in [1.29, 1.82) is 0 Å². The summed E-state index contributed by atoms with van der Waals surface area (Å²) < 4.78 is 0. The van der Waals surface area contributed by atoms with Crippen molar-refractivity contribution in [3.8, 4) is 0 Å². The lowest BCUT2D eigenvalue weighted by Crippen LogP contribution is -2.18. The van der Waals surface area contributed by atoms with Crippen molar-refractivity contribution < 1.29 is 5.11 Å². The molecule has 16 heavy (non-hydrogen) atoms. The van der Waals surface area contributed by atoms with Crippen LogP contribution in [0.1, 0.15) is 71.1 Å². The van der Waals surface area contributed by atoms with Gasteiger partial charge in [-0.05, 0) is 49.9 Å². The molecule has 0 aliphatic heterocycles. The molecule has 0 aromatic carbocycles. The maximum Gasteiger partial charge on any atom is 0.0543 e. The average Bonchev–Trinajstić information content (AvgIpc) is 2.86. The molecule has 2 rings (SSSR count). The molecule has 0 aromatic rings. The van der Waals surface area contributed by atoms with E-state index in [4.69, 9.17) is 0 Å². The Bertz CT molecular complexity index is 202. The van der Waals surface area contributed by atoms with Crippen LogP contribution < -0.4 is 0 Å². The monoisotopic (exact) mass is 224 g/mol. The van der Waals surface area contributed by atoms with E-state index in [0.717, 1.165) is 30.6 Å². The quantitative estimate of drug-likeness (QED) is 0.644. The maximum absolute atomic E-state index is 10.0. The van der Waals surface area contributed by atoms with Crippen molar-refractivity contribution in [2.75, 3.05) is 0 Å². The second kappa shape index (κ2) is 6.05. The van der Waals surface area contributed by atoms with Gasteiger partial charge in [0.05, 0.1) is 6.10 Å². The van der Waals surface area contributed by atoms with Crippen LogP contribution in [-0.2, 0) is 0 Å². The van der Waals surface area contributed by atoms with E-state index in [-0.39, 0.29) is 6.10 Å². The number of hydrogen-bond donors (Lipinski definition) is 1. The fourth-order valence-electron chi connectivity index (χ4n) is 3.94. The first-order valence-electron chi connectivity index (χ1n) is 7.47. The predicted octanol–water partition coefficient (Wildman–Crippen LogP) is 4.14. The lowest BCUT2D eigenvalue weighted by molar-refractivity contribution is 0.114. The summed E-state index contributed by atoms with van der Waals surface area (Å²) in [4.78, 5) is 0. The van der Waals surface area contributed by atoms with Gasteiger partial charge in [-0.3, -0.25) is 0 Å². The third-order valence-corrected chi connectivity index (χ3v) is 4.85. The van der Waals surface area contributed by atoms with E-state index >= 15 is 0 Å². The molecule has 2 saturated carbocycles. The van der Waals surface area contributed by atoms with Crippen LogP contribution in [0.2, 0.25) is 0 Å². The van der Waals surface area contributed by atoms with Crippen molar-refractivity contribution >= 4 is 0 Å². The molecule has 0 saturated heterocycles. The highest BCUT2D eigenvalue weighted by Crippen LogP contribution is 2.50. The van der Waals surface area contributed by atoms with Crippen LogP contribution in [0.4, 0.5) is 0 Å². The fraction of sp³-hybridized carbons (Fsp3) is 1.00. The minimum absolute atomic E-state index is 0.00112. The zero-order valence-electron chi connectivity index (χ0n) is 10.8. The van der Waals surface area contributed by atoms with E-state index in [1.54, 1.807) is 0 Å². The summed E-state index contributed by atoms with van der Waals surface area (Å²) in [7, 11) is 0. The molecule has 2 bridgehead atoms. The van der Waals surface area contributed by atoms with E-state index in [1.165, 1.54) is 51.4 Å². The molecule has 4 atom stereocenters. The first-order valence-corrected chi connectivity index (χ1v) is 7.47. The Balaban J connectivity index is 1.58. The first-order chi connectivity index (χ1) is 7.79. The van der Waals surface area contributed by atoms with Crippen molar-refractivity contribution in [1.82, 2.24) is 0 Å². The van der Waals surface area contributed by atoms with Gasteiger partial charge in [-0.1, -0.05) is 39.0 Å². The van der Waals surface area contributed by atoms with Crippen LogP contribution in [0.15, 0.2) is 0 Å². The Kier molecular flexibility index (Phi) is 4.69. The van der Waals surface area contributed by atoms with Crippen LogP contribution in [0.5, 0.6) is 0 Å². The van der Waals surface area contributed by atoms with Crippen molar-refractivity contribution in [2.24, 2.45) is 17.8 Å². The molecule has 0 aromatic heterocycles. The summed E-state index contributed by atoms with van der Waals surface area (Å²) in [5.41, 5.74) is 0. The van der Waals surface area contributed by atoms with Gasteiger partial charge in [0, 0.05) is 0 Å². The number of fused-ring (bicyclic) bond motifs is 2. The highest BCUT2D eigenvalue weighted by molar-refractivity contribution is 4.90. The van der Waals surface area contributed by atoms with E-state index in [2.05, 4.69) is 6.92 Å². The second-order valence-corrected chi connectivity index (χ2v) is 6.17. The Morgan fingerprint density at radius 2 is 2.00 bits per heavy atom. The van der Waals surface area contributed by atoms with Crippen LogP contribution in [0.25, 0.3) is 0 Å². The summed E-state index contributed by atoms with van der Waals surface area (Å²) in [6.45, 7) is 2.24. The predicted molar refractivity (Wildman–Crippen MR) is 68.3 cm³/mol. The van der Waals surface area contributed by atoms with Crippen LogP contribution in [0.3, 0.4) is 0 Å². The molecule has 1 nitrogen and oxygen atoms in total. The summed E-state index contributed by atoms with van der Waals surface area (Å²) in [5.74, 6) is 2.89. The summed E-state index contributed by atoms with van der Waals surface area (Å²) in [6.07, 6.45) is 13.2. The number of hydrogen-bond acceptors (Lipinski definition) is 1. The number of unbranched alkanes of at least 4 members (excludes halogenated alkanes) is 3. The number of aliphatic hydroxyl groups excluding tert-OH is 1. The van der Waals surface area contributed by atoms with Gasteiger partial charge in [-0.2, -0.15) is 0 Å². The third kappa shape index (κ3) is 3.23. The molecule has 2 fully saturated rings. The smallest absolute Gasteiger partial charge is 0.0543 e. The molecule has 2 aliphatic carbocycles. The van der Waals surface area contributed by atoms with Crippen LogP contribution in [-0.4, -0.2) is 11.2 Å². The molecule has 1 heteroatoms. The third-order valence-electron chi connectivity index (χ3n) is 4.85. The molecule has 94 valence electrons. The van der Waals surface area contributed by atoms with Gasteiger partial charge in [0.25, 0.3) is 0 Å². The number of aliphatic hydroxyl groups is 1. The Hall–Kier alpha value is -0.0400. The molecule has 0 heterocycles. The molecule has 0 amide bonds. The highest BCUT2D eigenvalue weighted by atomic mass is 16.3. The van der Waals surface area contributed by atoms with Gasteiger partial charge in [0.2, 0.25) is 0 Å². The molecular formula is C15H28O. The van der Waals surface area contributed by atoms with Crippen molar-refractivity contribution in [3.05, 3.63) is 0 Å². The van der Waals surface area contributed by atoms with E-state index in [1.807, 2.05) is 0 Å². The zero-order chi connectivity index (χ0) is 11.4. The van der Waals surface area contributed by atoms with E-state index in [9.17, 15) is 5.11 Å². The Morgan fingerprint density at radius 3 is 2.62 bits per heavy atom. The van der Waals surface area contributed by atoms with Gasteiger partial charge >= 0.3 is 0 Å². The molecule has 1 N–H and O–H groups in total. The minimum atomic E-state index is 0.00112. The van der Waals surface area contributed by atoms with E-state index < -0.39 is 0 Å². The molecule has 2 aliphatic rings. The Morgan fingerprint density at radius 1 is 1.12 bits per heavy atom. The Labute approximate surface area is 101 Å². The van der Waals surface area contributed by atoms with Gasteiger partial charge in [0.15, 0.2) is 0 Å². The van der Waals surface area contributed by atoms with Crippen molar-refractivity contribution in [3.63, 3.8) is 0 Å². The lowest BCUT2D eigenvalue weighted by Gasteiger charge is -2.24. The van der Waals surface area contributed by atoms with Gasteiger partial charge < -0.3 is 5.11 Å². The highest BCUT2D eigenvalue weighted by Gasteiger charge is 2.39. The normalized spacial score (nSPS) is 34.5. The topological polar surface area (TPSA) is 20.2 Å². The average molecular weight is 224 g/mol. The van der Waals surface area contributed by atoms with Crippen molar-refractivity contribution in [2.45, 2.75) is 77.2 Å². The molecule has 4 unspecified atom stereocenters. The zero-order valence-corrected chi connectivity index (χ0v) is 10.8. The SMILES string of the molecule is CCCCCCC(O)CC1CC2CCC1C2. The fourth-order valence-corrected chi connectivity index (χ4v) is 3.94. The molecule has 0 spiro atoms. The van der Waals surface area contributed by atoms with Crippen LogP contribution >= 0.6 is 0 Å². The summed E-state index contributed by atoms with van der Waals surface area (Å²) in [6, 6.07) is 0. The lowest BCUT2D eigenvalue weighted by atomic mass is 9.84. The summed E-state index contributed by atoms with van der Waals surface area (Å²) >= 11 is 0. The van der Waals surface area contributed by atoms with Gasteiger partial charge in [-0.15, -0.1) is 0 Å². The molecular weight excluding hydrogens is 196 g/mol. The largest absolute Gasteiger partial charge is 0.393 e. The molecule has 0 radical (unpaired) electrons.